The summed E-state index contributed by atoms with van der Waals surface area (Å²) in [7, 11) is 0.432. The quantitative estimate of drug-likeness (QED) is 0.309. The molecule has 0 aliphatic rings. The third-order valence-corrected chi connectivity index (χ3v) is 2.12. The van der Waals surface area contributed by atoms with Gasteiger partial charge in [-0.05, 0) is 0 Å². The van der Waals surface area contributed by atoms with Crippen LogP contribution in [0.25, 0.3) is 0 Å². The number of hydrogen-bond acceptors (Lipinski definition) is 0. The smallest absolute Gasteiger partial charge is 1.00 e. The molecule has 0 aromatic rings. The van der Waals surface area contributed by atoms with Crippen LogP contribution in [-0.2, 0) is 0 Å². The SMILES string of the molecule is CC[SiH2]CC.[H-].[H-].[Li+].[Li+]. The molecule has 0 amide bonds. The van der Waals surface area contributed by atoms with E-state index in [1.54, 1.807) is 0 Å². The second-order valence-electron chi connectivity index (χ2n) is 1.35. The summed E-state index contributed by atoms with van der Waals surface area (Å²) in [5.41, 5.74) is 0. The fourth-order valence-corrected chi connectivity index (χ4v) is 1.06. The van der Waals surface area contributed by atoms with Crippen molar-refractivity contribution in [3.8, 4) is 0 Å². The summed E-state index contributed by atoms with van der Waals surface area (Å²) in [4.78, 5) is 0. The zero-order chi connectivity index (χ0) is 4.12. The maximum atomic E-state index is 2.27. The van der Waals surface area contributed by atoms with Gasteiger partial charge >= 0.3 is 37.7 Å². The molecule has 0 atom stereocenters. The van der Waals surface area contributed by atoms with Crippen molar-refractivity contribution in [3.63, 3.8) is 0 Å². The van der Waals surface area contributed by atoms with Crippen molar-refractivity contribution in [2.75, 3.05) is 0 Å². The molecule has 36 valence electrons. The Labute approximate surface area is 76.0 Å². The van der Waals surface area contributed by atoms with Crippen molar-refractivity contribution in [1.29, 1.82) is 0 Å². The molecule has 0 radical (unpaired) electrons. The zero-order valence-electron chi connectivity index (χ0n) is 8.12. The molecule has 0 saturated heterocycles. The van der Waals surface area contributed by atoms with Crippen LogP contribution in [-0.4, -0.2) is 9.52 Å². The van der Waals surface area contributed by atoms with E-state index in [0.29, 0.717) is 9.52 Å². The molecular formula is C4H14Li2Si. The Morgan fingerprint density at radius 3 is 1.43 bits per heavy atom. The Kier molecular flexibility index (Phi) is 35.3. The van der Waals surface area contributed by atoms with Crippen LogP contribution in [0.4, 0.5) is 0 Å². The van der Waals surface area contributed by atoms with Gasteiger partial charge in [-0.3, -0.25) is 0 Å². The van der Waals surface area contributed by atoms with E-state index in [-0.39, 0.29) is 40.6 Å². The molecule has 7 heavy (non-hydrogen) atoms. The molecule has 0 rings (SSSR count). The van der Waals surface area contributed by atoms with Gasteiger partial charge in [0.1, 0.15) is 0 Å². The van der Waals surface area contributed by atoms with E-state index in [4.69, 9.17) is 0 Å². The largest absolute Gasteiger partial charge is 1.00 e. The van der Waals surface area contributed by atoms with Crippen LogP contribution in [0.3, 0.4) is 0 Å². The molecule has 0 aromatic heterocycles. The fourth-order valence-electron chi connectivity index (χ4n) is 0.354. The zero-order valence-corrected chi connectivity index (χ0v) is 7.54. The second-order valence-corrected chi connectivity index (χ2v) is 4.06. The molecule has 0 nitrogen and oxygen atoms in total. The normalized spacial score (nSPS) is 6.00. The van der Waals surface area contributed by atoms with Crippen LogP contribution >= 0.6 is 0 Å². The van der Waals surface area contributed by atoms with Crippen molar-refractivity contribution in [1.82, 2.24) is 0 Å². The minimum Gasteiger partial charge on any atom is -1.00 e. The Morgan fingerprint density at radius 1 is 1.14 bits per heavy atom. The van der Waals surface area contributed by atoms with Gasteiger partial charge in [-0.25, -0.2) is 0 Å². The molecule has 0 aliphatic carbocycles. The van der Waals surface area contributed by atoms with Crippen LogP contribution in [0.2, 0.25) is 12.1 Å². The first-order valence-corrected chi connectivity index (χ1v) is 4.41. The Balaban J connectivity index is -0.0000000133. The van der Waals surface area contributed by atoms with Crippen molar-refractivity contribution in [2.24, 2.45) is 0 Å². The third kappa shape index (κ3) is 18.6. The van der Waals surface area contributed by atoms with E-state index in [0.717, 1.165) is 0 Å². The van der Waals surface area contributed by atoms with Crippen molar-refractivity contribution < 1.29 is 40.6 Å². The van der Waals surface area contributed by atoms with Crippen molar-refractivity contribution in [3.05, 3.63) is 0 Å². The molecule has 0 unspecified atom stereocenters. The molecule has 3 heteroatoms. The van der Waals surface area contributed by atoms with Crippen molar-refractivity contribution >= 4 is 9.52 Å². The summed E-state index contributed by atoms with van der Waals surface area (Å²) in [6.07, 6.45) is 0. The van der Waals surface area contributed by atoms with Crippen LogP contribution in [0, 0.1) is 0 Å². The summed E-state index contributed by atoms with van der Waals surface area (Å²) in [6, 6.07) is 2.97. The summed E-state index contributed by atoms with van der Waals surface area (Å²) in [6.45, 7) is 4.55. The summed E-state index contributed by atoms with van der Waals surface area (Å²) >= 11 is 0. The molecule has 0 saturated carbocycles. The topological polar surface area (TPSA) is 0 Å². The fraction of sp³-hybridized carbons (Fsp3) is 1.00. The van der Waals surface area contributed by atoms with Gasteiger partial charge in [0.15, 0.2) is 0 Å². The van der Waals surface area contributed by atoms with E-state index < -0.39 is 0 Å². The van der Waals surface area contributed by atoms with Gasteiger partial charge in [0.25, 0.3) is 0 Å². The number of rotatable bonds is 2. The predicted octanol–water partition coefficient (Wildman–Crippen LogP) is -4.74. The molecule has 0 heterocycles. The molecule has 0 aliphatic heterocycles. The van der Waals surface area contributed by atoms with Gasteiger partial charge in [0, 0.05) is 9.52 Å². The van der Waals surface area contributed by atoms with Gasteiger partial charge in [0.2, 0.25) is 0 Å². The first-order chi connectivity index (χ1) is 2.41. The standard InChI is InChI=1S/C4H12Si.2Li.2H/c1-3-5-4-2;;;;/h3-5H2,1-2H3;;;;/q;2*+1;2*-1. The van der Waals surface area contributed by atoms with E-state index in [2.05, 4.69) is 13.8 Å². The van der Waals surface area contributed by atoms with Crippen LogP contribution in [0.1, 0.15) is 16.7 Å². The molecule has 0 fully saturated rings. The Hall–Kier alpha value is 1.41. The molecule has 0 bridgehead atoms. The first-order valence-electron chi connectivity index (χ1n) is 2.41. The van der Waals surface area contributed by atoms with E-state index in [9.17, 15) is 0 Å². The Morgan fingerprint density at radius 2 is 1.43 bits per heavy atom. The van der Waals surface area contributed by atoms with Gasteiger partial charge < -0.3 is 2.85 Å². The molecule has 0 spiro atoms. The van der Waals surface area contributed by atoms with Gasteiger partial charge in [-0.15, -0.1) is 0 Å². The second kappa shape index (κ2) is 15.7. The maximum absolute atomic E-state index is 2.27. The van der Waals surface area contributed by atoms with Gasteiger partial charge in [0.05, 0.1) is 0 Å². The minimum atomic E-state index is 0. The van der Waals surface area contributed by atoms with E-state index >= 15 is 0 Å². The molecule has 0 N–H and O–H groups in total. The summed E-state index contributed by atoms with van der Waals surface area (Å²) in [5.74, 6) is 0. The molecule has 0 aromatic carbocycles. The van der Waals surface area contributed by atoms with Gasteiger partial charge in [-0.1, -0.05) is 25.9 Å². The minimum absolute atomic E-state index is 0. The summed E-state index contributed by atoms with van der Waals surface area (Å²) in [5, 5.41) is 0. The van der Waals surface area contributed by atoms with Crippen molar-refractivity contribution in [2.45, 2.75) is 25.9 Å². The van der Waals surface area contributed by atoms with Gasteiger partial charge in [-0.2, -0.15) is 0 Å². The first kappa shape index (κ1) is 15.8. The average molecular weight is 104 g/mol. The average Bonchev–Trinajstić information content (AvgIpc) is 1.41. The Bertz CT molecular complexity index is 24.0. The number of hydrogen-bond donors (Lipinski definition) is 0. The van der Waals surface area contributed by atoms with Crippen LogP contribution in [0.5, 0.6) is 0 Å². The maximum Gasteiger partial charge on any atom is 1.00 e. The third-order valence-electron chi connectivity index (χ3n) is 0.707. The summed E-state index contributed by atoms with van der Waals surface area (Å²) < 4.78 is 0. The monoisotopic (exact) mass is 104 g/mol. The van der Waals surface area contributed by atoms with Crippen LogP contribution < -0.4 is 37.7 Å². The van der Waals surface area contributed by atoms with E-state index in [1.807, 2.05) is 0 Å². The predicted molar refractivity (Wildman–Crippen MR) is 31.7 cm³/mol. The van der Waals surface area contributed by atoms with E-state index in [1.165, 1.54) is 12.1 Å². The molecular weight excluding hydrogens is 90.0 g/mol. The van der Waals surface area contributed by atoms with Crippen LogP contribution in [0.15, 0.2) is 0 Å².